The molecule has 4 heteroatoms. The molecule has 2 aromatic carbocycles. The Bertz CT molecular complexity index is 879. The Kier molecular flexibility index (Phi) is 3.59. The predicted octanol–water partition coefficient (Wildman–Crippen LogP) is 4.32. The lowest BCUT2D eigenvalue weighted by Crippen LogP contribution is -2.02. The molecule has 3 rings (SSSR count). The highest BCUT2D eigenvalue weighted by Crippen LogP contribution is 2.16. The van der Waals surface area contributed by atoms with Gasteiger partial charge in [-0.3, -0.25) is 0 Å². The molecule has 0 amide bonds. The number of hydrogen-bond acceptors (Lipinski definition) is 3. The molecule has 0 aliphatic carbocycles. The zero-order chi connectivity index (χ0) is 14.8. The molecule has 3 aromatic rings. The van der Waals surface area contributed by atoms with Crippen molar-refractivity contribution in [3.05, 3.63) is 74.9 Å². The van der Waals surface area contributed by atoms with Gasteiger partial charge in [-0.2, -0.15) is 0 Å². The smallest absolute Gasteiger partial charge is 0.347 e. The molecule has 21 heavy (non-hydrogen) atoms. The summed E-state index contributed by atoms with van der Waals surface area (Å²) in [6.45, 7) is 2.03. The van der Waals surface area contributed by atoms with E-state index in [4.69, 9.17) is 16.0 Å². The van der Waals surface area contributed by atoms with Crippen molar-refractivity contribution in [3.8, 4) is 0 Å². The summed E-state index contributed by atoms with van der Waals surface area (Å²) >= 11 is 5.92. The lowest BCUT2D eigenvalue weighted by atomic mass is 10.1. The van der Waals surface area contributed by atoms with E-state index in [9.17, 15) is 4.79 Å². The average molecular weight is 298 g/mol. The molecule has 0 saturated carbocycles. The van der Waals surface area contributed by atoms with E-state index in [1.165, 1.54) is 5.56 Å². The van der Waals surface area contributed by atoms with Gasteiger partial charge in [0.2, 0.25) is 5.89 Å². The largest absolute Gasteiger partial charge is 0.404 e. The Morgan fingerprint density at radius 3 is 2.62 bits per heavy atom. The van der Waals surface area contributed by atoms with E-state index in [2.05, 4.69) is 4.98 Å². The number of rotatable bonds is 2. The maximum absolute atomic E-state index is 11.9. The molecule has 0 saturated heterocycles. The third-order valence-electron chi connectivity index (χ3n) is 3.10. The number of hydrogen-bond donors (Lipinski definition) is 0. The third kappa shape index (κ3) is 3.03. The highest BCUT2D eigenvalue weighted by atomic mass is 35.5. The summed E-state index contributed by atoms with van der Waals surface area (Å²) in [4.78, 5) is 16.2. The van der Waals surface area contributed by atoms with E-state index in [1.54, 1.807) is 24.3 Å². The van der Waals surface area contributed by atoms with E-state index in [0.717, 1.165) is 5.56 Å². The van der Waals surface area contributed by atoms with E-state index >= 15 is 0 Å². The minimum absolute atomic E-state index is 0.260. The van der Waals surface area contributed by atoms with E-state index in [1.807, 2.05) is 37.3 Å². The van der Waals surface area contributed by atoms with E-state index < -0.39 is 5.63 Å². The lowest BCUT2D eigenvalue weighted by Gasteiger charge is -1.98. The van der Waals surface area contributed by atoms with Crippen LogP contribution in [0.3, 0.4) is 0 Å². The van der Waals surface area contributed by atoms with Crippen LogP contribution in [0.25, 0.3) is 23.1 Å². The Morgan fingerprint density at radius 1 is 1.10 bits per heavy atom. The number of aromatic nitrogens is 1. The lowest BCUT2D eigenvalue weighted by molar-refractivity contribution is 0.491. The summed E-state index contributed by atoms with van der Waals surface area (Å²) in [5.74, 6) is 0.260. The van der Waals surface area contributed by atoms with Gasteiger partial charge in [-0.25, -0.2) is 9.78 Å². The van der Waals surface area contributed by atoms with Gasteiger partial charge in [-0.05, 0) is 36.8 Å². The number of nitrogens with zero attached hydrogens (tertiary/aromatic N) is 1. The SMILES string of the molecule is Cc1ccc(/C=C/c2nc3cc(Cl)ccc3c(=O)o2)cc1. The van der Waals surface area contributed by atoms with Crippen molar-refractivity contribution in [1.29, 1.82) is 0 Å². The minimum Gasteiger partial charge on any atom is -0.404 e. The molecule has 0 aliphatic rings. The second-order valence-corrected chi connectivity index (χ2v) is 5.18. The molecular formula is C17H12ClNO2. The van der Waals surface area contributed by atoms with Crippen LogP contribution in [-0.2, 0) is 0 Å². The van der Waals surface area contributed by atoms with Gasteiger partial charge >= 0.3 is 5.63 Å². The van der Waals surface area contributed by atoms with Crippen LogP contribution < -0.4 is 5.63 Å². The second kappa shape index (κ2) is 5.54. The normalized spacial score (nSPS) is 11.3. The summed E-state index contributed by atoms with van der Waals surface area (Å²) in [5.41, 5.74) is 2.32. The van der Waals surface area contributed by atoms with Crippen LogP contribution in [0.5, 0.6) is 0 Å². The first-order valence-electron chi connectivity index (χ1n) is 6.47. The summed E-state index contributed by atoms with van der Waals surface area (Å²) < 4.78 is 5.18. The molecule has 0 unspecified atom stereocenters. The van der Waals surface area contributed by atoms with Gasteiger partial charge in [0.05, 0.1) is 10.9 Å². The van der Waals surface area contributed by atoms with Crippen LogP contribution in [0.2, 0.25) is 5.02 Å². The van der Waals surface area contributed by atoms with Crippen molar-refractivity contribution in [2.24, 2.45) is 0 Å². The predicted molar refractivity (Wildman–Crippen MR) is 85.4 cm³/mol. The Hall–Kier alpha value is -2.39. The first-order chi connectivity index (χ1) is 10.1. The number of aryl methyl sites for hydroxylation is 1. The zero-order valence-corrected chi connectivity index (χ0v) is 12.1. The summed E-state index contributed by atoms with van der Waals surface area (Å²) in [6.07, 6.45) is 3.52. The van der Waals surface area contributed by atoms with Gasteiger partial charge in [0.15, 0.2) is 0 Å². The molecule has 0 atom stereocenters. The number of benzene rings is 2. The molecule has 0 fully saturated rings. The van der Waals surface area contributed by atoms with Crippen molar-refractivity contribution in [2.45, 2.75) is 6.92 Å². The zero-order valence-electron chi connectivity index (χ0n) is 11.3. The molecule has 0 spiro atoms. The maximum Gasteiger partial charge on any atom is 0.347 e. The molecule has 0 bridgehead atoms. The summed E-state index contributed by atoms with van der Waals surface area (Å²) in [5, 5.41) is 0.959. The summed E-state index contributed by atoms with van der Waals surface area (Å²) in [6, 6.07) is 12.9. The van der Waals surface area contributed by atoms with Crippen LogP contribution in [-0.4, -0.2) is 4.98 Å². The van der Waals surface area contributed by atoms with Gasteiger partial charge in [0.1, 0.15) is 0 Å². The molecule has 0 N–H and O–H groups in total. The van der Waals surface area contributed by atoms with Gasteiger partial charge in [-0.1, -0.05) is 41.4 Å². The van der Waals surface area contributed by atoms with Crippen molar-refractivity contribution < 1.29 is 4.42 Å². The van der Waals surface area contributed by atoms with Crippen molar-refractivity contribution in [3.63, 3.8) is 0 Å². The molecule has 1 aromatic heterocycles. The fourth-order valence-electron chi connectivity index (χ4n) is 1.98. The van der Waals surface area contributed by atoms with Gasteiger partial charge in [-0.15, -0.1) is 0 Å². The standard InChI is InChI=1S/C17H12ClNO2/c1-11-2-4-12(5-3-11)6-9-16-19-15-10-13(18)7-8-14(15)17(20)21-16/h2-10H,1H3/b9-6+. The van der Waals surface area contributed by atoms with Crippen LogP contribution in [0, 0.1) is 6.92 Å². The maximum atomic E-state index is 11.9. The first kappa shape index (κ1) is 13.6. The summed E-state index contributed by atoms with van der Waals surface area (Å²) in [7, 11) is 0. The number of halogens is 1. The molecule has 0 aliphatic heterocycles. The number of fused-ring (bicyclic) bond motifs is 1. The molecule has 1 heterocycles. The third-order valence-corrected chi connectivity index (χ3v) is 3.34. The van der Waals surface area contributed by atoms with Crippen molar-refractivity contribution in [1.82, 2.24) is 4.98 Å². The van der Waals surface area contributed by atoms with E-state index in [-0.39, 0.29) is 5.89 Å². The van der Waals surface area contributed by atoms with Gasteiger partial charge in [0.25, 0.3) is 0 Å². The molecular weight excluding hydrogens is 286 g/mol. The average Bonchev–Trinajstić information content (AvgIpc) is 2.46. The highest BCUT2D eigenvalue weighted by molar-refractivity contribution is 6.31. The molecule has 3 nitrogen and oxygen atoms in total. The van der Waals surface area contributed by atoms with Gasteiger partial charge < -0.3 is 4.42 Å². The topological polar surface area (TPSA) is 43.1 Å². The Labute approximate surface area is 126 Å². The first-order valence-corrected chi connectivity index (χ1v) is 6.85. The van der Waals surface area contributed by atoms with Crippen LogP contribution in [0.1, 0.15) is 17.0 Å². The van der Waals surface area contributed by atoms with Crippen LogP contribution in [0.4, 0.5) is 0 Å². The Morgan fingerprint density at radius 2 is 1.86 bits per heavy atom. The van der Waals surface area contributed by atoms with Crippen molar-refractivity contribution in [2.75, 3.05) is 0 Å². The van der Waals surface area contributed by atoms with E-state index in [0.29, 0.717) is 15.9 Å². The van der Waals surface area contributed by atoms with Crippen LogP contribution in [0.15, 0.2) is 51.7 Å². The fourth-order valence-corrected chi connectivity index (χ4v) is 2.14. The fraction of sp³-hybridized carbons (Fsp3) is 0.0588. The van der Waals surface area contributed by atoms with Crippen LogP contribution >= 0.6 is 11.6 Å². The molecule has 0 radical (unpaired) electrons. The van der Waals surface area contributed by atoms with Gasteiger partial charge in [0, 0.05) is 11.1 Å². The van der Waals surface area contributed by atoms with Crippen molar-refractivity contribution >= 4 is 34.7 Å². The Balaban J connectivity index is 2.01. The monoisotopic (exact) mass is 297 g/mol. The molecule has 104 valence electrons. The highest BCUT2D eigenvalue weighted by Gasteiger charge is 2.04. The second-order valence-electron chi connectivity index (χ2n) is 4.75. The minimum atomic E-state index is -0.416. The quantitative estimate of drug-likeness (QED) is 0.707.